The molecule has 0 unspecified atom stereocenters. The minimum atomic E-state index is -1.12. The van der Waals surface area contributed by atoms with Gasteiger partial charge in [0.2, 0.25) is 5.91 Å². The van der Waals surface area contributed by atoms with Crippen LogP contribution < -0.4 is 4.74 Å². The molecule has 0 N–H and O–H groups in total. The van der Waals surface area contributed by atoms with E-state index in [2.05, 4.69) is 0 Å². The van der Waals surface area contributed by atoms with E-state index in [-0.39, 0.29) is 30.8 Å². The van der Waals surface area contributed by atoms with Gasteiger partial charge in [0, 0.05) is 19.6 Å². The fourth-order valence-corrected chi connectivity index (χ4v) is 3.81. The van der Waals surface area contributed by atoms with Crippen molar-refractivity contribution in [2.24, 2.45) is 0 Å². The summed E-state index contributed by atoms with van der Waals surface area (Å²) in [7, 11) is 1.88. The molecular formula is C24H30F2N2O2. The molecule has 1 fully saturated rings. The van der Waals surface area contributed by atoms with Crippen LogP contribution in [0.4, 0.5) is 8.78 Å². The zero-order valence-corrected chi connectivity index (χ0v) is 17.9. The van der Waals surface area contributed by atoms with Crippen LogP contribution in [0.25, 0.3) is 0 Å². The van der Waals surface area contributed by atoms with Crippen LogP contribution in [0.3, 0.4) is 0 Å². The Balaban J connectivity index is 1.76. The Kier molecular flexibility index (Phi) is 7.43. The van der Waals surface area contributed by atoms with Crippen molar-refractivity contribution >= 4 is 5.91 Å². The van der Waals surface area contributed by atoms with Gasteiger partial charge in [-0.2, -0.15) is 0 Å². The Bertz CT molecular complexity index is 824. The Morgan fingerprint density at radius 1 is 1.13 bits per heavy atom. The number of hydrogen-bond acceptors (Lipinski definition) is 3. The molecule has 2 aromatic rings. The number of piperidine rings is 1. The third kappa shape index (κ3) is 6.02. The molecule has 0 saturated carbocycles. The maximum absolute atomic E-state index is 14.9. The van der Waals surface area contributed by atoms with Crippen molar-refractivity contribution in [1.29, 1.82) is 0 Å². The first kappa shape index (κ1) is 22.2. The highest BCUT2D eigenvalue weighted by molar-refractivity contribution is 5.79. The van der Waals surface area contributed by atoms with Gasteiger partial charge < -0.3 is 14.5 Å². The first-order valence-electron chi connectivity index (χ1n) is 10.4. The monoisotopic (exact) mass is 416 g/mol. The average Bonchev–Trinajstić information content (AvgIpc) is 2.69. The molecule has 1 amide bonds. The lowest BCUT2D eigenvalue weighted by Gasteiger charge is -2.39. The molecule has 2 atom stereocenters. The van der Waals surface area contributed by atoms with Gasteiger partial charge in [-0.05, 0) is 62.7 Å². The van der Waals surface area contributed by atoms with E-state index in [9.17, 15) is 13.6 Å². The number of benzene rings is 2. The number of nitrogens with zero attached hydrogens (tertiary/aromatic N) is 2. The Labute approximate surface area is 177 Å². The number of hydrogen-bond donors (Lipinski definition) is 0. The van der Waals surface area contributed by atoms with Crippen molar-refractivity contribution in [1.82, 2.24) is 9.80 Å². The fourth-order valence-electron chi connectivity index (χ4n) is 3.81. The first-order chi connectivity index (χ1) is 14.3. The Morgan fingerprint density at radius 3 is 2.37 bits per heavy atom. The van der Waals surface area contributed by atoms with Gasteiger partial charge in [0.05, 0.1) is 18.6 Å². The second-order valence-electron chi connectivity index (χ2n) is 8.27. The van der Waals surface area contributed by atoms with E-state index in [1.54, 1.807) is 17.0 Å². The summed E-state index contributed by atoms with van der Waals surface area (Å²) in [5, 5.41) is 0. The van der Waals surface area contributed by atoms with E-state index in [1.165, 1.54) is 12.1 Å². The smallest absolute Gasteiger partial charge is 0.227 e. The van der Waals surface area contributed by atoms with Gasteiger partial charge in [-0.15, -0.1) is 0 Å². The summed E-state index contributed by atoms with van der Waals surface area (Å²) in [4.78, 5) is 16.8. The van der Waals surface area contributed by atoms with E-state index < -0.39 is 12.2 Å². The van der Waals surface area contributed by atoms with Crippen LogP contribution in [-0.4, -0.2) is 54.2 Å². The van der Waals surface area contributed by atoms with Crippen LogP contribution in [0.15, 0.2) is 48.5 Å². The van der Waals surface area contributed by atoms with Gasteiger partial charge in [0.15, 0.2) is 0 Å². The van der Waals surface area contributed by atoms with Crippen LogP contribution in [-0.2, 0) is 17.8 Å². The molecule has 0 bridgehead atoms. The topological polar surface area (TPSA) is 32.8 Å². The average molecular weight is 417 g/mol. The minimum Gasteiger partial charge on any atom is -0.491 e. The molecule has 1 aliphatic heterocycles. The summed E-state index contributed by atoms with van der Waals surface area (Å²) in [6.45, 7) is 5.22. The molecule has 6 heteroatoms. The third-order valence-electron chi connectivity index (χ3n) is 5.35. The van der Waals surface area contributed by atoms with Crippen molar-refractivity contribution in [2.75, 3.05) is 20.1 Å². The van der Waals surface area contributed by atoms with Crippen LogP contribution in [0, 0.1) is 5.82 Å². The van der Waals surface area contributed by atoms with Gasteiger partial charge in [-0.25, -0.2) is 8.78 Å². The molecule has 0 radical (unpaired) electrons. The van der Waals surface area contributed by atoms with E-state index in [0.717, 1.165) is 23.4 Å². The lowest BCUT2D eigenvalue weighted by Crippen LogP contribution is -2.53. The lowest BCUT2D eigenvalue weighted by molar-refractivity contribution is -0.136. The fraction of sp³-hybridized carbons (Fsp3) is 0.458. The summed E-state index contributed by atoms with van der Waals surface area (Å²) in [6, 6.07) is 13.0. The Hall–Kier alpha value is -2.47. The summed E-state index contributed by atoms with van der Waals surface area (Å²) < 4.78 is 33.8. The highest BCUT2D eigenvalue weighted by Crippen LogP contribution is 2.23. The number of ether oxygens (including phenoxy) is 1. The normalized spacial score (nSPS) is 19.7. The highest BCUT2D eigenvalue weighted by atomic mass is 19.1. The standard InChI is InChI=1S/C24H30F2N2O2/c1-17(2)30-21-10-6-18(7-11-21)14-24(29)28(15-19-4-8-20(25)9-5-19)23-12-13-27(3)16-22(23)26/h4-11,17,22-23H,12-16H2,1-3H3/t22-,23+/m0/s1. The number of carbonyl (C=O) groups is 1. The predicted octanol–water partition coefficient (Wildman–Crippen LogP) is 4.23. The van der Waals surface area contributed by atoms with Crippen LogP contribution in [0.1, 0.15) is 31.4 Å². The lowest BCUT2D eigenvalue weighted by atomic mass is 9.99. The summed E-state index contributed by atoms with van der Waals surface area (Å²) in [5.41, 5.74) is 1.64. The summed E-state index contributed by atoms with van der Waals surface area (Å²) in [6.07, 6.45) is -0.280. The minimum absolute atomic E-state index is 0.0783. The van der Waals surface area contributed by atoms with E-state index in [1.807, 2.05) is 50.1 Å². The molecule has 0 aliphatic carbocycles. The number of amides is 1. The molecule has 2 aromatic carbocycles. The van der Waals surface area contributed by atoms with E-state index in [4.69, 9.17) is 4.74 Å². The number of alkyl halides is 1. The van der Waals surface area contributed by atoms with Gasteiger partial charge in [-0.1, -0.05) is 24.3 Å². The Morgan fingerprint density at radius 2 is 1.77 bits per heavy atom. The van der Waals surface area contributed by atoms with Crippen LogP contribution in [0.2, 0.25) is 0 Å². The van der Waals surface area contributed by atoms with Crippen molar-refractivity contribution < 1.29 is 18.3 Å². The second kappa shape index (κ2) is 10.0. The number of carbonyl (C=O) groups excluding carboxylic acids is 1. The van der Waals surface area contributed by atoms with Crippen molar-refractivity contribution in [2.45, 2.75) is 51.6 Å². The third-order valence-corrected chi connectivity index (χ3v) is 5.35. The predicted molar refractivity (Wildman–Crippen MR) is 114 cm³/mol. The summed E-state index contributed by atoms with van der Waals surface area (Å²) in [5.74, 6) is 0.292. The van der Waals surface area contributed by atoms with Gasteiger partial charge in [0.25, 0.3) is 0 Å². The zero-order valence-electron chi connectivity index (χ0n) is 17.9. The molecule has 3 rings (SSSR count). The van der Waals surface area contributed by atoms with Gasteiger partial charge in [-0.3, -0.25) is 4.79 Å². The maximum Gasteiger partial charge on any atom is 0.227 e. The quantitative estimate of drug-likeness (QED) is 0.677. The number of likely N-dealkylation sites (tertiary alicyclic amines) is 1. The molecule has 4 nitrogen and oxygen atoms in total. The molecule has 0 aromatic heterocycles. The van der Waals surface area contributed by atoms with E-state index >= 15 is 0 Å². The largest absolute Gasteiger partial charge is 0.491 e. The molecule has 1 aliphatic rings. The van der Waals surface area contributed by atoms with Crippen molar-refractivity contribution in [3.63, 3.8) is 0 Å². The van der Waals surface area contributed by atoms with Crippen LogP contribution >= 0.6 is 0 Å². The zero-order chi connectivity index (χ0) is 21.7. The molecule has 162 valence electrons. The van der Waals surface area contributed by atoms with Crippen molar-refractivity contribution in [3.8, 4) is 5.75 Å². The summed E-state index contributed by atoms with van der Waals surface area (Å²) >= 11 is 0. The van der Waals surface area contributed by atoms with Gasteiger partial charge in [0.1, 0.15) is 17.7 Å². The molecule has 1 heterocycles. The maximum atomic E-state index is 14.9. The number of halogens is 2. The molecule has 0 spiro atoms. The number of rotatable bonds is 7. The molecule has 30 heavy (non-hydrogen) atoms. The van der Waals surface area contributed by atoms with Crippen LogP contribution in [0.5, 0.6) is 5.75 Å². The highest BCUT2D eigenvalue weighted by Gasteiger charge is 2.34. The van der Waals surface area contributed by atoms with Crippen molar-refractivity contribution in [3.05, 3.63) is 65.5 Å². The molecular weight excluding hydrogens is 386 g/mol. The molecule has 1 saturated heterocycles. The van der Waals surface area contributed by atoms with E-state index in [0.29, 0.717) is 13.0 Å². The van der Waals surface area contributed by atoms with Gasteiger partial charge >= 0.3 is 0 Å². The SMILES string of the molecule is CC(C)Oc1ccc(CC(=O)N(Cc2ccc(F)cc2)[C@@H]2CCN(C)C[C@@H]2F)cc1. The second-order valence-corrected chi connectivity index (χ2v) is 8.27. The first-order valence-corrected chi connectivity index (χ1v) is 10.4.